The number of amides is 1. The molecule has 0 bridgehead atoms. The minimum absolute atomic E-state index is 0.00381. The van der Waals surface area contributed by atoms with Crippen molar-refractivity contribution in [2.45, 2.75) is 320 Å². The van der Waals surface area contributed by atoms with Crippen LogP contribution in [-0.2, 0) is 28.5 Å². The van der Waals surface area contributed by atoms with E-state index < -0.39 is 70.7 Å². The quantitative estimate of drug-likeness (QED) is 0.0266. The Morgan fingerprint density at radius 1 is 0.594 bits per heavy atom. The molecule has 0 aromatic rings. The first kappa shape index (κ1) is 66.3. The molecule has 4 N–H and O–H groups in total. The van der Waals surface area contributed by atoms with Crippen LogP contribution < -0.4 is 5.32 Å². The van der Waals surface area contributed by atoms with Gasteiger partial charge in [0.2, 0.25) is 5.91 Å². The Bertz CT molecular complexity index is 1230. The van der Waals surface area contributed by atoms with Crippen molar-refractivity contribution >= 4 is 27.8 Å². The topological polar surface area (TPSA) is 144 Å². The molecule has 0 spiro atoms. The van der Waals surface area contributed by atoms with Gasteiger partial charge in [-0.15, -0.1) is 0 Å². The second-order valence-corrected chi connectivity index (χ2v) is 35.0. The lowest BCUT2D eigenvalue weighted by atomic mass is 9.75. The summed E-state index contributed by atoms with van der Waals surface area (Å²) in [7, 11) is -2.87. The Morgan fingerprint density at radius 3 is 1.42 bits per heavy atom. The molecule has 69 heavy (non-hydrogen) atoms. The normalized spacial score (nSPS) is 20.9. The number of ether oxygens (including phenoxy) is 4. The molecule has 1 saturated heterocycles. The molecular formula is C57H115NO9Si2. The van der Waals surface area contributed by atoms with Crippen LogP contribution in [0.1, 0.15) is 233 Å². The predicted octanol–water partition coefficient (Wildman–Crippen LogP) is 14.5. The number of hydrogen-bond acceptors (Lipinski definition) is 9. The van der Waals surface area contributed by atoms with E-state index in [9.17, 15) is 24.9 Å². The molecule has 0 radical (unpaired) electrons. The molecular weight excluding hydrogens is 899 g/mol. The fraction of sp³-hybridized carbons (Fsp3) is 0.965. The minimum atomic E-state index is -2.44. The Balaban J connectivity index is 3.28. The van der Waals surface area contributed by atoms with Gasteiger partial charge in [0.1, 0.15) is 25.0 Å². The number of carbonyl (C=O) groups is 2. The third-order valence-corrected chi connectivity index (χ3v) is 17.9. The molecule has 1 aliphatic heterocycles. The fourth-order valence-corrected chi connectivity index (χ4v) is 11.1. The van der Waals surface area contributed by atoms with Crippen molar-refractivity contribution in [2.24, 2.45) is 5.92 Å². The second-order valence-electron chi connectivity index (χ2n) is 23.8. The van der Waals surface area contributed by atoms with Gasteiger partial charge < -0.3 is 39.6 Å². The van der Waals surface area contributed by atoms with Crippen LogP contribution in [0.25, 0.3) is 0 Å². The number of carbonyl (C=O) groups excluding carboxylic acids is 2. The van der Waals surface area contributed by atoms with Gasteiger partial charge in [-0.25, -0.2) is 0 Å². The van der Waals surface area contributed by atoms with Gasteiger partial charge in [-0.05, 0) is 24.4 Å². The average Bonchev–Trinajstić information content (AvgIpc) is 3.29. The van der Waals surface area contributed by atoms with E-state index in [4.69, 9.17) is 18.9 Å². The summed E-state index contributed by atoms with van der Waals surface area (Å²) in [5.41, 5.74) is -2.44. The van der Waals surface area contributed by atoms with Crippen LogP contribution in [-0.4, -0.2) is 106 Å². The fourth-order valence-electron chi connectivity index (χ4n) is 9.66. The van der Waals surface area contributed by atoms with E-state index in [-0.39, 0.29) is 25.6 Å². The molecule has 10 nitrogen and oxygen atoms in total. The maximum absolute atomic E-state index is 14.9. The van der Waals surface area contributed by atoms with E-state index in [2.05, 4.69) is 65.4 Å². The highest BCUT2D eigenvalue weighted by molar-refractivity contribution is 6.76. The van der Waals surface area contributed by atoms with Gasteiger partial charge in [0.05, 0.1) is 19.1 Å². The summed E-state index contributed by atoms with van der Waals surface area (Å²) in [5, 5.41) is 38.2. The number of rotatable bonds is 48. The van der Waals surface area contributed by atoms with Crippen LogP contribution >= 0.6 is 0 Å². The van der Waals surface area contributed by atoms with Gasteiger partial charge in [-0.2, -0.15) is 0 Å². The molecule has 1 heterocycles. The zero-order valence-electron chi connectivity index (χ0n) is 46.8. The Morgan fingerprint density at radius 2 is 1.00 bits per heavy atom. The Kier molecular flexibility index (Phi) is 39.1. The predicted molar refractivity (Wildman–Crippen MR) is 294 cm³/mol. The molecule has 0 unspecified atom stereocenters. The highest BCUT2D eigenvalue weighted by Crippen LogP contribution is 2.36. The first-order valence-corrected chi connectivity index (χ1v) is 36.7. The van der Waals surface area contributed by atoms with Gasteiger partial charge >= 0.3 is 0 Å². The van der Waals surface area contributed by atoms with Gasteiger partial charge in [0.15, 0.2) is 17.7 Å². The molecule has 7 atom stereocenters. The molecule has 0 aliphatic carbocycles. The first-order valence-electron chi connectivity index (χ1n) is 29.3. The molecule has 0 saturated carbocycles. The van der Waals surface area contributed by atoms with E-state index in [0.717, 1.165) is 69.9 Å². The Hall–Kier alpha value is -0.706. The highest BCUT2D eigenvalue weighted by Gasteiger charge is 2.60. The Labute approximate surface area is 428 Å². The van der Waals surface area contributed by atoms with E-state index >= 15 is 0 Å². The van der Waals surface area contributed by atoms with Crippen LogP contribution in [0.2, 0.25) is 51.4 Å². The number of hydrogen-bond donors (Lipinski definition) is 4. The van der Waals surface area contributed by atoms with Crippen molar-refractivity contribution in [3.8, 4) is 0 Å². The number of Topliss-reactive ketones (excluding diaryl/α,β-unsaturated/α-hetero) is 1. The third-order valence-electron chi connectivity index (χ3n) is 14.5. The van der Waals surface area contributed by atoms with E-state index in [1.54, 1.807) is 0 Å². The van der Waals surface area contributed by atoms with E-state index in [1.807, 2.05) is 0 Å². The molecule has 0 aromatic carbocycles. The van der Waals surface area contributed by atoms with Crippen molar-refractivity contribution in [1.29, 1.82) is 0 Å². The maximum Gasteiger partial charge on any atom is 0.223 e. The van der Waals surface area contributed by atoms with Crippen molar-refractivity contribution in [1.82, 2.24) is 5.32 Å². The third kappa shape index (κ3) is 33.0. The number of aliphatic hydroxyl groups excluding tert-OH is 2. The number of aliphatic hydroxyl groups is 3. The van der Waals surface area contributed by atoms with Crippen molar-refractivity contribution in [2.75, 3.05) is 26.6 Å². The van der Waals surface area contributed by atoms with Crippen molar-refractivity contribution < 1.29 is 43.9 Å². The van der Waals surface area contributed by atoms with Crippen LogP contribution in [0.5, 0.6) is 0 Å². The lowest BCUT2D eigenvalue weighted by Crippen LogP contribution is -2.75. The van der Waals surface area contributed by atoms with Gasteiger partial charge in [0, 0.05) is 35.8 Å². The lowest BCUT2D eigenvalue weighted by Gasteiger charge is -2.49. The monoisotopic (exact) mass is 1010 g/mol. The van der Waals surface area contributed by atoms with Crippen LogP contribution in [0.4, 0.5) is 0 Å². The lowest BCUT2D eigenvalue weighted by molar-refractivity contribution is -0.291. The summed E-state index contributed by atoms with van der Waals surface area (Å²) in [6.45, 7) is 20.8. The van der Waals surface area contributed by atoms with Gasteiger partial charge in [0.25, 0.3) is 0 Å². The van der Waals surface area contributed by atoms with Gasteiger partial charge in [-0.1, -0.05) is 253 Å². The molecule has 1 amide bonds. The molecule has 12 heteroatoms. The van der Waals surface area contributed by atoms with Crippen LogP contribution in [0.3, 0.4) is 0 Å². The summed E-state index contributed by atoms with van der Waals surface area (Å²) in [4.78, 5) is 29.2. The van der Waals surface area contributed by atoms with Crippen molar-refractivity contribution in [3.05, 3.63) is 0 Å². The summed E-state index contributed by atoms with van der Waals surface area (Å²) in [6.07, 6.45) is 31.9. The maximum atomic E-state index is 14.9. The highest BCUT2D eigenvalue weighted by atomic mass is 28.3. The zero-order chi connectivity index (χ0) is 51.2. The molecule has 1 rings (SSSR count). The summed E-state index contributed by atoms with van der Waals surface area (Å²) in [5.74, 6) is -0.908. The largest absolute Gasteiger partial charge is 0.394 e. The van der Waals surface area contributed by atoms with E-state index in [1.165, 1.54) is 135 Å². The zero-order valence-corrected chi connectivity index (χ0v) is 48.8. The molecule has 1 fully saturated rings. The standard InChI is InChI=1S/C57H115NO9Si2/c1-10-13-16-19-22-24-25-26-28-30-33-36-39-49(38-35-32-29-21-18-15-12-3)45-52(60)57(63)54(56(65-42-44-69(7,8)9)67-51(47-59)55(57)62)58-53(61)46-50(66-48-64-41-43-68(4,5)6)40-37-34-31-27-23-20-17-14-11-2/h49-51,54-56,59,62-63H,10-48H2,1-9H3,(H,58,61)/t49-,50+,51+,54+,55+,56-,57+/m0/s1. The molecule has 0 aromatic heterocycles. The first-order chi connectivity index (χ1) is 33.0. The smallest absolute Gasteiger partial charge is 0.223 e. The number of nitrogens with one attached hydrogen (secondary N) is 1. The number of unbranched alkanes of at least 4 members (excludes halogenated alkanes) is 25. The van der Waals surface area contributed by atoms with Crippen molar-refractivity contribution in [3.63, 3.8) is 0 Å². The second kappa shape index (κ2) is 40.7. The summed E-state index contributed by atoms with van der Waals surface area (Å²) in [6, 6.07) is 0.422. The summed E-state index contributed by atoms with van der Waals surface area (Å²) < 4.78 is 24.7. The average molecular weight is 1010 g/mol. The SMILES string of the molecule is CCCCCCCCCCCCCC[C@H](CCCCCCCCC)CC(=O)[C@]1(O)[C@H](O)[C@@H](CO)O[C@H](OCC[Si](C)(C)C)[C@H]1NC(=O)C[C@@H](CCCCCCCCCCC)OCOCC[Si](C)(C)C. The van der Waals surface area contributed by atoms with Gasteiger partial charge in [-0.3, -0.25) is 9.59 Å². The van der Waals surface area contributed by atoms with Crippen LogP contribution in [0, 0.1) is 5.92 Å². The summed E-state index contributed by atoms with van der Waals surface area (Å²) >= 11 is 0. The number of ketones is 1. The van der Waals surface area contributed by atoms with E-state index in [0.29, 0.717) is 19.6 Å². The molecule has 410 valence electrons. The minimum Gasteiger partial charge on any atom is -0.394 e. The molecule has 1 aliphatic rings. The van der Waals surface area contributed by atoms with Crippen LogP contribution in [0.15, 0.2) is 0 Å².